The van der Waals surface area contributed by atoms with Crippen LogP contribution in [-0.4, -0.2) is 29.5 Å². The number of pyridine rings is 1. The quantitative estimate of drug-likeness (QED) is 0.876. The first-order valence-electron chi connectivity index (χ1n) is 7.79. The first kappa shape index (κ1) is 14.3. The van der Waals surface area contributed by atoms with Gasteiger partial charge in [0.15, 0.2) is 0 Å². The summed E-state index contributed by atoms with van der Waals surface area (Å²) < 4.78 is 0. The molecule has 0 saturated carbocycles. The van der Waals surface area contributed by atoms with Gasteiger partial charge in [-0.1, -0.05) is 26.2 Å². The fourth-order valence-corrected chi connectivity index (χ4v) is 2.64. The Hall–Kier alpha value is -1.09. The average Bonchev–Trinajstić information content (AvgIpc) is 2.40. The number of nitrogens with zero attached hydrogens (tertiary/aromatic N) is 2. The zero-order valence-corrected chi connectivity index (χ0v) is 12.2. The average molecular weight is 261 g/mol. The molecule has 19 heavy (non-hydrogen) atoms. The highest BCUT2D eigenvalue weighted by Crippen LogP contribution is 2.14. The topological polar surface area (TPSA) is 28.2 Å². The molecule has 0 aromatic carbocycles. The molecule has 0 bridgehead atoms. The van der Waals surface area contributed by atoms with Crippen molar-refractivity contribution in [2.24, 2.45) is 0 Å². The van der Waals surface area contributed by atoms with Crippen molar-refractivity contribution >= 4 is 5.69 Å². The monoisotopic (exact) mass is 261 g/mol. The molecule has 0 amide bonds. The van der Waals surface area contributed by atoms with Gasteiger partial charge in [-0.2, -0.15) is 0 Å². The summed E-state index contributed by atoms with van der Waals surface area (Å²) in [5.41, 5.74) is 2.40. The summed E-state index contributed by atoms with van der Waals surface area (Å²) in [7, 11) is 0. The molecule has 0 atom stereocenters. The van der Waals surface area contributed by atoms with Crippen LogP contribution in [0.4, 0.5) is 5.69 Å². The van der Waals surface area contributed by atoms with Crippen molar-refractivity contribution < 1.29 is 0 Å². The molecule has 1 aromatic rings. The third-order valence-corrected chi connectivity index (χ3v) is 3.73. The second-order valence-electron chi connectivity index (χ2n) is 5.51. The highest BCUT2D eigenvalue weighted by Gasteiger charge is 2.09. The van der Waals surface area contributed by atoms with Gasteiger partial charge in [0.05, 0.1) is 5.69 Å². The van der Waals surface area contributed by atoms with Gasteiger partial charge in [0.2, 0.25) is 0 Å². The number of anilines is 1. The molecule has 0 unspecified atom stereocenters. The molecule has 2 rings (SSSR count). The van der Waals surface area contributed by atoms with Crippen LogP contribution in [0.15, 0.2) is 18.3 Å². The van der Waals surface area contributed by atoms with E-state index in [2.05, 4.69) is 34.3 Å². The summed E-state index contributed by atoms with van der Waals surface area (Å²) in [5, 5.41) is 3.44. The molecule has 1 N–H and O–H groups in total. The van der Waals surface area contributed by atoms with Crippen LogP contribution in [0.5, 0.6) is 0 Å². The van der Waals surface area contributed by atoms with Crippen LogP contribution in [0.2, 0.25) is 0 Å². The van der Waals surface area contributed by atoms with Crippen molar-refractivity contribution in [2.75, 3.05) is 25.0 Å². The lowest BCUT2D eigenvalue weighted by Crippen LogP contribution is -2.27. The Morgan fingerprint density at radius 1 is 1.16 bits per heavy atom. The lowest BCUT2D eigenvalue weighted by molar-refractivity contribution is 0.237. The van der Waals surface area contributed by atoms with Crippen LogP contribution in [0.1, 0.15) is 51.1 Å². The maximum absolute atomic E-state index is 4.51. The molecule has 0 aliphatic carbocycles. The fraction of sp³-hybridized carbons (Fsp3) is 0.688. The van der Waals surface area contributed by atoms with E-state index in [1.165, 1.54) is 56.6 Å². The Morgan fingerprint density at radius 3 is 2.63 bits per heavy atom. The largest absolute Gasteiger partial charge is 0.385 e. The molecule has 106 valence electrons. The van der Waals surface area contributed by atoms with Crippen LogP contribution in [-0.2, 0) is 6.54 Å². The van der Waals surface area contributed by atoms with Gasteiger partial charge in [0, 0.05) is 25.0 Å². The van der Waals surface area contributed by atoms with Crippen LogP contribution < -0.4 is 5.32 Å². The van der Waals surface area contributed by atoms with Crippen molar-refractivity contribution in [3.8, 4) is 0 Å². The van der Waals surface area contributed by atoms with E-state index in [0.29, 0.717) is 0 Å². The van der Waals surface area contributed by atoms with Crippen molar-refractivity contribution in [3.63, 3.8) is 0 Å². The minimum Gasteiger partial charge on any atom is -0.385 e. The van der Waals surface area contributed by atoms with Gasteiger partial charge >= 0.3 is 0 Å². The molecule has 0 radical (unpaired) electrons. The Morgan fingerprint density at radius 2 is 1.89 bits per heavy atom. The molecular formula is C16H27N3. The van der Waals surface area contributed by atoms with E-state index in [-0.39, 0.29) is 0 Å². The molecule has 1 fully saturated rings. The van der Waals surface area contributed by atoms with E-state index in [1.54, 1.807) is 0 Å². The van der Waals surface area contributed by atoms with Crippen LogP contribution >= 0.6 is 0 Å². The van der Waals surface area contributed by atoms with Gasteiger partial charge in [0.1, 0.15) is 0 Å². The van der Waals surface area contributed by atoms with E-state index in [1.807, 2.05) is 6.20 Å². The van der Waals surface area contributed by atoms with Gasteiger partial charge in [-0.15, -0.1) is 0 Å². The number of nitrogens with one attached hydrogen (secondary N) is 1. The lowest BCUT2D eigenvalue weighted by Gasteiger charge is -2.24. The Balaban J connectivity index is 1.89. The summed E-state index contributed by atoms with van der Waals surface area (Å²) in [4.78, 5) is 7.07. The minimum absolute atomic E-state index is 1.00. The zero-order valence-electron chi connectivity index (χ0n) is 12.2. The second-order valence-corrected chi connectivity index (χ2v) is 5.51. The van der Waals surface area contributed by atoms with Crippen LogP contribution in [0.25, 0.3) is 0 Å². The lowest BCUT2D eigenvalue weighted by atomic mass is 10.1. The van der Waals surface area contributed by atoms with E-state index in [0.717, 1.165) is 19.5 Å². The Bertz CT molecular complexity index is 357. The fourth-order valence-electron chi connectivity index (χ4n) is 2.64. The summed E-state index contributed by atoms with van der Waals surface area (Å²) in [6.07, 6.45) is 9.97. The van der Waals surface area contributed by atoms with E-state index in [9.17, 15) is 0 Å². The van der Waals surface area contributed by atoms with Gasteiger partial charge in [-0.05, 0) is 44.5 Å². The first-order valence-corrected chi connectivity index (χ1v) is 7.79. The summed E-state index contributed by atoms with van der Waals surface area (Å²) in [6.45, 7) is 6.69. The summed E-state index contributed by atoms with van der Waals surface area (Å²) in [5.74, 6) is 0. The van der Waals surface area contributed by atoms with E-state index < -0.39 is 0 Å². The summed E-state index contributed by atoms with van der Waals surface area (Å²) in [6, 6.07) is 4.26. The highest BCUT2D eigenvalue weighted by atomic mass is 15.1. The maximum atomic E-state index is 4.51. The Kier molecular flexibility index (Phi) is 6.15. The predicted octanol–water partition coefficient (Wildman–Crippen LogP) is 3.67. The molecule has 1 aliphatic heterocycles. The maximum Gasteiger partial charge on any atom is 0.0564 e. The smallest absolute Gasteiger partial charge is 0.0564 e. The second kappa shape index (κ2) is 8.16. The number of hydrogen-bond acceptors (Lipinski definition) is 3. The summed E-state index contributed by atoms with van der Waals surface area (Å²) >= 11 is 0. The Labute approximate surface area is 117 Å². The molecule has 2 heterocycles. The molecule has 1 aliphatic rings. The van der Waals surface area contributed by atoms with Gasteiger partial charge in [-0.25, -0.2) is 0 Å². The molecule has 1 saturated heterocycles. The van der Waals surface area contributed by atoms with Gasteiger partial charge in [-0.3, -0.25) is 9.88 Å². The predicted molar refractivity (Wildman–Crippen MR) is 81.4 cm³/mol. The molecule has 1 aromatic heterocycles. The van der Waals surface area contributed by atoms with Crippen LogP contribution in [0, 0.1) is 0 Å². The number of hydrogen-bond donors (Lipinski definition) is 1. The van der Waals surface area contributed by atoms with Crippen molar-refractivity contribution in [1.82, 2.24) is 9.88 Å². The zero-order chi connectivity index (χ0) is 13.3. The van der Waals surface area contributed by atoms with Crippen LogP contribution in [0.3, 0.4) is 0 Å². The third-order valence-electron chi connectivity index (χ3n) is 3.73. The van der Waals surface area contributed by atoms with E-state index >= 15 is 0 Å². The number of rotatable bonds is 5. The van der Waals surface area contributed by atoms with Crippen molar-refractivity contribution in [3.05, 3.63) is 24.0 Å². The van der Waals surface area contributed by atoms with E-state index in [4.69, 9.17) is 0 Å². The SMILES string of the molecule is CCCNc1ccnc(CN2CCCCCCC2)c1. The molecular weight excluding hydrogens is 234 g/mol. The first-order chi connectivity index (χ1) is 9.38. The highest BCUT2D eigenvalue weighted by molar-refractivity contribution is 5.43. The molecule has 3 nitrogen and oxygen atoms in total. The molecule has 0 spiro atoms. The normalized spacial score (nSPS) is 17.7. The van der Waals surface area contributed by atoms with Gasteiger partial charge < -0.3 is 5.32 Å². The standard InChI is InChI=1S/C16H27N3/c1-2-9-17-15-8-10-18-16(13-15)14-19-11-6-4-3-5-7-12-19/h8,10,13H,2-7,9,11-12,14H2,1H3,(H,17,18). The van der Waals surface area contributed by atoms with Crippen molar-refractivity contribution in [1.29, 1.82) is 0 Å². The van der Waals surface area contributed by atoms with Gasteiger partial charge in [0.25, 0.3) is 0 Å². The van der Waals surface area contributed by atoms with Crippen molar-refractivity contribution in [2.45, 2.75) is 52.0 Å². The third kappa shape index (κ3) is 5.19. The number of aromatic nitrogens is 1. The number of likely N-dealkylation sites (tertiary alicyclic amines) is 1. The molecule has 3 heteroatoms. The minimum atomic E-state index is 1.00.